The van der Waals surface area contributed by atoms with E-state index in [0.29, 0.717) is 5.75 Å². The van der Waals surface area contributed by atoms with Gasteiger partial charge in [0.2, 0.25) is 0 Å². The van der Waals surface area contributed by atoms with E-state index in [1.54, 1.807) is 31.4 Å². The molecule has 0 heterocycles. The number of methoxy groups -OCH3 is 1. The minimum Gasteiger partial charge on any atom is -0.497 e. The Balaban J connectivity index is 1.81. The van der Waals surface area contributed by atoms with E-state index in [4.69, 9.17) is 4.74 Å². The molecule has 24 heavy (non-hydrogen) atoms. The molecule has 2 aromatic carbocycles. The third-order valence-electron chi connectivity index (χ3n) is 3.25. The fraction of sp³-hybridized carbons (Fsp3) is 0.167. The maximum atomic E-state index is 11.7. The average Bonchev–Trinajstić information content (AvgIpc) is 2.61. The number of nitrogens with zero attached hydrogens (tertiary/aromatic N) is 1. The molecule has 124 valence electrons. The van der Waals surface area contributed by atoms with Crippen LogP contribution in [-0.2, 0) is 16.1 Å². The van der Waals surface area contributed by atoms with Crippen molar-refractivity contribution in [1.82, 2.24) is 10.7 Å². The van der Waals surface area contributed by atoms with Crippen LogP contribution in [0.15, 0.2) is 53.6 Å². The standard InChI is InChI=1S/C18H19N3O3/c1-13-6-8-14(9-7-13)11-19-17(22)18(23)21-20-12-15-4-3-5-16(10-15)24-2/h3-10,12H,11H2,1-2H3,(H,19,22)(H,21,23)/b20-12+. The number of amides is 2. The van der Waals surface area contributed by atoms with Gasteiger partial charge < -0.3 is 10.1 Å². The van der Waals surface area contributed by atoms with Gasteiger partial charge in [-0.15, -0.1) is 0 Å². The van der Waals surface area contributed by atoms with Crippen molar-refractivity contribution in [2.75, 3.05) is 7.11 Å². The fourth-order valence-electron chi connectivity index (χ4n) is 1.91. The number of benzene rings is 2. The van der Waals surface area contributed by atoms with Crippen molar-refractivity contribution in [3.63, 3.8) is 0 Å². The second-order valence-electron chi connectivity index (χ2n) is 5.14. The van der Waals surface area contributed by atoms with Crippen LogP contribution < -0.4 is 15.5 Å². The lowest BCUT2D eigenvalue weighted by Crippen LogP contribution is -2.37. The summed E-state index contributed by atoms with van der Waals surface area (Å²) in [4.78, 5) is 23.4. The van der Waals surface area contributed by atoms with Crippen LogP contribution in [0.25, 0.3) is 0 Å². The summed E-state index contributed by atoms with van der Waals surface area (Å²) in [6.07, 6.45) is 1.44. The molecule has 6 heteroatoms. The highest BCUT2D eigenvalue weighted by Crippen LogP contribution is 2.10. The summed E-state index contributed by atoms with van der Waals surface area (Å²) < 4.78 is 5.09. The first kappa shape index (κ1) is 17.2. The molecule has 0 aliphatic heterocycles. The van der Waals surface area contributed by atoms with Gasteiger partial charge in [0, 0.05) is 6.54 Å². The molecule has 0 saturated carbocycles. The molecular formula is C18H19N3O3. The van der Waals surface area contributed by atoms with Crippen LogP contribution >= 0.6 is 0 Å². The summed E-state index contributed by atoms with van der Waals surface area (Å²) in [6, 6.07) is 14.8. The predicted molar refractivity (Wildman–Crippen MR) is 91.8 cm³/mol. The SMILES string of the molecule is COc1cccc(/C=N/NC(=O)C(=O)NCc2ccc(C)cc2)c1. The lowest BCUT2D eigenvalue weighted by molar-refractivity contribution is -0.139. The van der Waals surface area contributed by atoms with E-state index in [-0.39, 0.29) is 6.54 Å². The van der Waals surface area contributed by atoms with Crippen molar-refractivity contribution in [1.29, 1.82) is 0 Å². The van der Waals surface area contributed by atoms with Gasteiger partial charge in [-0.2, -0.15) is 5.10 Å². The number of hydrogen-bond donors (Lipinski definition) is 2. The van der Waals surface area contributed by atoms with Crippen molar-refractivity contribution in [2.45, 2.75) is 13.5 Å². The third kappa shape index (κ3) is 5.24. The van der Waals surface area contributed by atoms with Crippen LogP contribution in [0.3, 0.4) is 0 Å². The van der Waals surface area contributed by atoms with E-state index in [2.05, 4.69) is 15.8 Å². The number of ether oxygens (including phenoxy) is 1. The molecule has 0 bridgehead atoms. The second kappa shape index (κ2) is 8.47. The molecule has 0 atom stereocenters. The van der Waals surface area contributed by atoms with Crippen molar-refractivity contribution >= 4 is 18.0 Å². The average molecular weight is 325 g/mol. The zero-order valence-electron chi connectivity index (χ0n) is 13.6. The molecule has 2 N–H and O–H groups in total. The van der Waals surface area contributed by atoms with Gasteiger partial charge >= 0.3 is 11.8 Å². The van der Waals surface area contributed by atoms with Crippen LogP contribution in [0.1, 0.15) is 16.7 Å². The Hall–Kier alpha value is -3.15. The van der Waals surface area contributed by atoms with Crippen LogP contribution in [0.2, 0.25) is 0 Å². The molecule has 0 spiro atoms. The Bertz CT molecular complexity index is 739. The van der Waals surface area contributed by atoms with Gasteiger partial charge in [0.1, 0.15) is 5.75 Å². The van der Waals surface area contributed by atoms with E-state index in [1.807, 2.05) is 31.2 Å². The fourth-order valence-corrected chi connectivity index (χ4v) is 1.91. The Morgan fingerprint density at radius 2 is 1.88 bits per heavy atom. The molecule has 0 fully saturated rings. The topological polar surface area (TPSA) is 79.8 Å². The van der Waals surface area contributed by atoms with Gasteiger partial charge in [0.15, 0.2) is 0 Å². The molecule has 2 amide bonds. The zero-order chi connectivity index (χ0) is 17.4. The van der Waals surface area contributed by atoms with E-state index < -0.39 is 11.8 Å². The summed E-state index contributed by atoms with van der Waals surface area (Å²) >= 11 is 0. The van der Waals surface area contributed by atoms with E-state index >= 15 is 0 Å². The number of rotatable bonds is 5. The number of aryl methyl sites for hydroxylation is 1. The normalized spacial score (nSPS) is 10.4. The molecule has 0 aromatic heterocycles. The summed E-state index contributed by atoms with van der Waals surface area (Å²) in [5, 5.41) is 6.30. The molecule has 0 radical (unpaired) electrons. The van der Waals surface area contributed by atoms with Crippen molar-refractivity contribution in [2.24, 2.45) is 5.10 Å². The smallest absolute Gasteiger partial charge is 0.329 e. The Kier molecular flexibility index (Phi) is 6.08. The van der Waals surface area contributed by atoms with E-state index in [0.717, 1.165) is 16.7 Å². The first-order chi connectivity index (χ1) is 11.6. The Labute approximate surface area is 140 Å². The highest BCUT2D eigenvalue weighted by molar-refractivity contribution is 6.35. The number of hydrazone groups is 1. The molecule has 0 unspecified atom stereocenters. The van der Waals surface area contributed by atoms with Gasteiger partial charge in [-0.3, -0.25) is 9.59 Å². The van der Waals surface area contributed by atoms with Crippen LogP contribution in [0.4, 0.5) is 0 Å². The van der Waals surface area contributed by atoms with Gasteiger partial charge in [0.25, 0.3) is 0 Å². The molecule has 2 aromatic rings. The summed E-state index contributed by atoms with van der Waals surface area (Å²) in [7, 11) is 1.57. The predicted octanol–water partition coefficient (Wildman–Crippen LogP) is 1.77. The first-order valence-corrected chi connectivity index (χ1v) is 7.39. The van der Waals surface area contributed by atoms with Gasteiger partial charge in [-0.25, -0.2) is 5.43 Å². The quantitative estimate of drug-likeness (QED) is 0.499. The second-order valence-corrected chi connectivity index (χ2v) is 5.14. The molecular weight excluding hydrogens is 306 g/mol. The lowest BCUT2D eigenvalue weighted by Gasteiger charge is -2.04. The number of carbonyl (C=O) groups excluding carboxylic acids is 2. The summed E-state index contributed by atoms with van der Waals surface area (Å²) in [5.74, 6) is -0.874. The van der Waals surface area contributed by atoms with Gasteiger partial charge in [-0.05, 0) is 30.2 Å². The highest BCUT2D eigenvalue weighted by Gasteiger charge is 2.11. The number of nitrogens with one attached hydrogen (secondary N) is 2. The van der Waals surface area contributed by atoms with E-state index in [1.165, 1.54) is 6.21 Å². The third-order valence-corrected chi connectivity index (χ3v) is 3.25. The van der Waals surface area contributed by atoms with Crippen molar-refractivity contribution in [3.8, 4) is 5.75 Å². The highest BCUT2D eigenvalue weighted by atomic mass is 16.5. The lowest BCUT2D eigenvalue weighted by atomic mass is 10.1. The molecule has 0 aliphatic rings. The number of hydrogen-bond acceptors (Lipinski definition) is 4. The van der Waals surface area contributed by atoms with Gasteiger partial charge in [-0.1, -0.05) is 42.0 Å². The van der Waals surface area contributed by atoms with Crippen LogP contribution in [0.5, 0.6) is 5.75 Å². The van der Waals surface area contributed by atoms with Crippen molar-refractivity contribution < 1.29 is 14.3 Å². The van der Waals surface area contributed by atoms with Crippen LogP contribution in [0, 0.1) is 6.92 Å². The van der Waals surface area contributed by atoms with Crippen LogP contribution in [-0.4, -0.2) is 25.1 Å². The Morgan fingerprint density at radius 1 is 1.12 bits per heavy atom. The zero-order valence-corrected chi connectivity index (χ0v) is 13.6. The maximum absolute atomic E-state index is 11.7. The molecule has 0 saturated heterocycles. The minimum atomic E-state index is -0.818. The Morgan fingerprint density at radius 3 is 2.58 bits per heavy atom. The van der Waals surface area contributed by atoms with E-state index in [9.17, 15) is 9.59 Å². The monoisotopic (exact) mass is 325 g/mol. The molecule has 2 rings (SSSR count). The maximum Gasteiger partial charge on any atom is 0.329 e. The minimum absolute atomic E-state index is 0.284. The summed E-state index contributed by atoms with van der Waals surface area (Å²) in [5.41, 5.74) is 4.99. The van der Waals surface area contributed by atoms with Crippen molar-refractivity contribution in [3.05, 3.63) is 65.2 Å². The number of carbonyl (C=O) groups is 2. The largest absolute Gasteiger partial charge is 0.497 e. The summed E-state index contributed by atoms with van der Waals surface area (Å²) in [6.45, 7) is 2.27. The first-order valence-electron chi connectivity index (χ1n) is 7.39. The van der Waals surface area contributed by atoms with Gasteiger partial charge in [0.05, 0.1) is 13.3 Å². The molecule has 6 nitrogen and oxygen atoms in total. The molecule has 0 aliphatic carbocycles.